The van der Waals surface area contributed by atoms with Gasteiger partial charge in [0.2, 0.25) is 0 Å². The Balaban J connectivity index is 2.41. The van der Waals surface area contributed by atoms with E-state index in [1.165, 1.54) is 0 Å². The molecule has 2 unspecified atom stereocenters. The molecule has 0 amide bonds. The summed E-state index contributed by atoms with van der Waals surface area (Å²) in [6, 6.07) is 0. The van der Waals surface area contributed by atoms with Gasteiger partial charge in [0, 0.05) is 0 Å². The van der Waals surface area contributed by atoms with Crippen molar-refractivity contribution in [1.82, 2.24) is 4.90 Å². The van der Waals surface area contributed by atoms with Crippen LogP contribution >= 0.6 is 0 Å². The van der Waals surface area contributed by atoms with E-state index in [-0.39, 0.29) is 35.7 Å². The van der Waals surface area contributed by atoms with Gasteiger partial charge in [0.25, 0.3) is 0 Å². The maximum Gasteiger partial charge on any atom is 0.309 e. The Morgan fingerprint density at radius 1 is 0.625 bits per heavy atom. The third-order valence-corrected chi connectivity index (χ3v) is 10.4. The molecule has 1 aliphatic rings. The number of carbonyl (C=O) groups is 3. The lowest BCUT2D eigenvalue weighted by atomic mass is 9.85. The van der Waals surface area contributed by atoms with E-state index in [2.05, 4.69) is 39.6 Å². The summed E-state index contributed by atoms with van der Waals surface area (Å²) in [7, 11) is 2.09. The predicted molar refractivity (Wildman–Crippen MR) is 195 cm³/mol. The van der Waals surface area contributed by atoms with Gasteiger partial charge in [0.1, 0.15) is 0 Å². The van der Waals surface area contributed by atoms with E-state index in [0.717, 1.165) is 154 Å². The first-order valence-electron chi connectivity index (χ1n) is 20.1. The number of nitrogens with zero attached hydrogens (tertiary/aromatic N) is 1. The van der Waals surface area contributed by atoms with E-state index in [9.17, 15) is 19.5 Å². The number of ether oxygens (including phenoxy) is 3. The third-order valence-electron chi connectivity index (χ3n) is 10.4. The van der Waals surface area contributed by atoms with E-state index in [0.29, 0.717) is 26.2 Å². The normalized spacial score (nSPS) is 16.6. The zero-order valence-electron chi connectivity index (χ0n) is 31.9. The lowest BCUT2D eigenvalue weighted by Gasteiger charge is -2.29. The first kappa shape index (κ1) is 44.4. The van der Waals surface area contributed by atoms with Crippen LogP contribution in [0.15, 0.2) is 0 Å². The van der Waals surface area contributed by atoms with Gasteiger partial charge >= 0.3 is 17.9 Å². The van der Waals surface area contributed by atoms with Crippen LogP contribution in [0.4, 0.5) is 0 Å². The van der Waals surface area contributed by atoms with Crippen molar-refractivity contribution in [1.29, 1.82) is 0 Å². The molecular formula is C40H75NO7. The Kier molecular flexibility index (Phi) is 25.9. The van der Waals surface area contributed by atoms with Gasteiger partial charge in [-0.15, -0.1) is 0 Å². The minimum atomic E-state index is -0.724. The molecule has 48 heavy (non-hydrogen) atoms. The largest absolute Gasteiger partial charge is 0.465 e. The number of hydrogen-bond donors (Lipinski definition) is 1. The molecule has 0 aromatic carbocycles. The van der Waals surface area contributed by atoms with Crippen LogP contribution < -0.4 is 0 Å². The lowest BCUT2D eigenvalue weighted by molar-refractivity contribution is -0.150. The molecule has 2 atom stereocenters. The molecule has 0 radical (unpaired) electrons. The minimum absolute atomic E-state index is 0.0217. The number of likely N-dealkylation sites (tertiary alicyclic amines) is 1. The Labute approximate surface area is 294 Å². The van der Waals surface area contributed by atoms with Crippen molar-refractivity contribution in [3.63, 3.8) is 0 Å². The van der Waals surface area contributed by atoms with Crippen LogP contribution in [0.25, 0.3) is 0 Å². The number of rotatable bonds is 30. The van der Waals surface area contributed by atoms with Gasteiger partial charge < -0.3 is 24.2 Å². The molecule has 1 aliphatic heterocycles. The zero-order chi connectivity index (χ0) is 35.5. The van der Waals surface area contributed by atoms with Crippen LogP contribution in [-0.4, -0.2) is 73.5 Å². The van der Waals surface area contributed by atoms with Crippen LogP contribution in [0, 0.1) is 17.8 Å². The van der Waals surface area contributed by atoms with Gasteiger partial charge in [-0.2, -0.15) is 0 Å². The van der Waals surface area contributed by atoms with Crippen molar-refractivity contribution in [3.05, 3.63) is 0 Å². The fourth-order valence-corrected chi connectivity index (χ4v) is 6.74. The average Bonchev–Trinajstić information content (AvgIpc) is 3.08. The second kappa shape index (κ2) is 28.1. The fourth-order valence-electron chi connectivity index (χ4n) is 6.74. The topological polar surface area (TPSA) is 102 Å². The van der Waals surface area contributed by atoms with Crippen molar-refractivity contribution >= 4 is 17.9 Å². The minimum Gasteiger partial charge on any atom is -0.465 e. The van der Waals surface area contributed by atoms with Crippen molar-refractivity contribution in [3.8, 4) is 0 Å². The van der Waals surface area contributed by atoms with E-state index in [1.807, 2.05) is 0 Å². The first-order valence-corrected chi connectivity index (χ1v) is 20.1. The van der Waals surface area contributed by atoms with Gasteiger partial charge in [-0.05, 0) is 104 Å². The number of aliphatic hydroxyl groups is 1. The summed E-state index contributed by atoms with van der Waals surface area (Å²) in [5.74, 6) is -0.0887. The molecule has 1 N–H and O–H groups in total. The number of esters is 3. The lowest BCUT2D eigenvalue weighted by Crippen LogP contribution is -2.34. The summed E-state index contributed by atoms with van der Waals surface area (Å²) < 4.78 is 16.7. The van der Waals surface area contributed by atoms with Gasteiger partial charge in [-0.25, -0.2) is 0 Å². The average molecular weight is 682 g/mol. The van der Waals surface area contributed by atoms with Crippen LogP contribution in [0.1, 0.15) is 175 Å². The smallest absolute Gasteiger partial charge is 0.309 e. The molecule has 0 aromatic heterocycles. The number of unbranched alkanes of at least 4 members (excludes halogenated alkanes) is 9. The van der Waals surface area contributed by atoms with E-state index in [1.54, 1.807) is 0 Å². The highest BCUT2D eigenvalue weighted by Gasteiger charge is 2.27. The highest BCUT2D eigenvalue weighted by atomic mass is 16.5. The zero-order valence-corrected chi connectivity index (χ0v) is 31.9. The van der Waals surface area contributed by atoms with E-state index < -0.39 is 5.60 Å². The van der Waals surface area contributed by atoms with Crippen LogP contribution in [-0.2, 0) is 28.6 Å². The second-order valence-corrected chi connectivity index (χ2v) is 14.6. The molecule has 1 heterocycles. The maximum absolute atomic E-state index is 12.5. The molecule has 0 spiro atoms. The predicted octanol–water partition coefficient (Wildman–Crippen LogP) is 9.19. The van der Waals surface area contributed by atoms with Crippen molar-refractivity contribution < 1.29 is 33.7 Å². The molecule has 0 aliphatic carbocycles. The van der Waals surface area contributed by atoms with Crippen LogP contribution in [0.5, 0.6) is 0 Å². The quantitative estimate of drug-likeness (QED) is 0.0455. The summed E-state index contributed by atoms with van der Waals surface area (Å²) in [6.45, 7) is 11.7. The fraction of sp³-hybridized carbons (Fsp3) is 0.925. The van der Waals surface area contributed by atoms with Crippen molar-refractivity contribution in [2.45, 2.75) is 181 Å². The molecule has 0 bridgehead atoms. The Bertz CT molecular complexity index is 784. The SMILES string of the molecule is CCCCC(CC)C(=O)OCCCCCCC(O)(CCCCCCOC(=O)C(CC)CCCC)CCCCOC(=O)C1CCN(C)CC1. The highest BCUT2D eigenvalue weighted by molar-refractivity contribution is 5.73. The Hall–Kier alpha value is -1.67. The van der Waals surface area contributed by atoms with Gasteiger partial charge in [-0.3, -0.25) is 14.4 Å². The molecule has 8 nitrogen and oxygen atoms in total. The van der Waals surface area contributed by atoms with Crippen LogP contribution in [0.3, 0.4) is 0 Å². The van der Waals surface area contributed by atoms with Gasteiger partial charge in [0.15, 0.2) is 0 Å². The third kappa shape index (κ3) is 20.8. The highest BCUT2D eigenvalue weighted by Crippen LogP contribution is 2.29. The Morgan fingerprint density at radius 3 is 1.46 bits per heavy atom. The standard InChI is InChI=1S/C40H75NO7/c1-6-10-22-34(8-3)37(42)46-31-19-14-12-16-26-40(45,28-18-21-33-48-39(44)36-24-29-41(5)30-25-36)27-17-13-15-20-32-47-38(43)35(9-4)23-11-7-2/h34-36,45H,6-33H2,1-5H3. The van der Waals surface area contributed by atoms with Gasteiger partial charge in [0.05, 0.1) is 43.2 Å². The summed E-state index contributed by atoms with van der Waals surface area (Å²) in [4.78, 5) is 39.4. The molecule has 282 valence electrons. The van der Waals surface area contributed by atoms with E-state index >= 15 is 0 Å². The molecule has 1 rings (SSSR count). The van der Waals surface area contributed by atoms with Crippen molar-refractivity contribution in [2.75, 3.05) is 40.0 Å². The van der Waals surface area contributed by atoms with E-state index in [4.69, 9.17) is 14.2 Å². The van der Waals surface area contributed by atoms with Crippen molar-refractivity contribution in [2.24, 2.45) is 17.8 Å². The summed E-state index contributed by atoms with van der Waals surface area (Å²) in [5.41, 5.74) is -0.724. The van der Waals surface area contributed by atoms with Crippen LogP contribution in [0.2, 0.25) is 0 Å². The molecule has 0 aromatic rings. The first-order chi connectivity index (χ1) is 23.2. The van der Waals surface area contributed by atoms with Gasteiger partial charge in [-0.1, -0.05) is 91.9 Å². The second-order valence-electron chi connectivity index (χ2n) is 14.6. The number of hydrogen-bond acceptors (Lipinski definition) is 8. The number of carbonyl (C=O) groups excluding carboxylic acids is 3. The molecule has 1 fully saturated rings. The summed E-state index contributed by atoms with van der Waals surface area (Å²) in [5, 5.41) is 11.7. The molecule has 0 saturated carbocycles. The summed E-state index contributed by atoms with van der Waals surface area (Å²) in [6.07, 6.45) is 21.0. The Morgan fingerprint density at radius 2 is 1.02 bits per heavy atom. The molecular weight excluding hydrogens is 606 g/mol. The monoisotopic (exact) mass is 682 g/mol. The summed E-state index contributed by atoms with van der Waals surface area (Å²) >= 11 is 0. The maximum atomic E-state index is 12.5. The molecule has 1 saturated heterocycles. The molecule has 8 heteroatoms. The number of piperidine rings is 1.